The molecule has 3 rings (SSSR count). The highest BCUT2D eigenvalue weighted by Crippen LogP contribution is 2.32. The zero-order chi connectivity index (χ0) is 14.8. The van der Waals surface area contributed by atoms with E-state index in [0.717, 1.165) is 10.9 Å². The summed E-state index contributed by atoms with van der Waals surface area (Å²) in [6.07, 6.45) is 0. The molecular weight excluding hydrogens is 312 g/mol. The van der Waals surface area contributed by atoms with Crippen LogP contribution in [0.2, 0.25) is 5.02 Å². The predicted molar refractivity (Wildman–Crippen MR) is 82.8 cm³/mol. The number of fused-ring (bicyclic) bond motifs is 1. The summed E-state index contributed by atoms with van der Waals surface area (Å²) < 4.78 is 19.0. The fourth-order valence-electron chi connectivity index (χ4n) is 2.02. The van der Waals surface area contributed by atoms with E-state index in [1.165, 1.54) is 18.2 Å². The number of nitrogens with zero attached hydrogens (tertiary/aromatic N) is 1. The Hall–Kier alpha value is -1.84. The van der Waals surface area contributed by atoms with Crippen LogP contribution in [0.15, 0.2) is 48.5 Å². The van der Waals surface area contributed by atoms with Crippen LogP contribution >= 0.6 is 23.2 Å². The summed E-state index contributed by atoms with van der Waals surface area (Å²) in [6.45, 7) is 0. The van der Waals surface area contributed by atoms with Gasteiger partial charge in [-0.15, -0.1) is 11.6 Å². The number of rotatable bonds is 3. The van der Waals surface area contributed by atoms with Crippen molar-refractivity contribution in [3.05, 3.63) is 65.1 Å². The molecule has 0 radical (unpaired) electrons. The number of benzene rings is 2. The first-order valence-electron chi connectivity index (χ1n) is 6.25. The molecule has 0 aliphatic carbocycles. The second-order valence-electron chi connectivity index (χ2n) is 4.44. The minimum Gasteiger partial charge on any atom is -0.457 e. The first kappa shape index (κ1) is 14.1. The van der Waals surface area contributed by atoms with E-state index < -0.39 is 5.82 Å². The van der Waals surface area contributed by atoms with Crippen LogP contribution < -0.4 is 4.74 Å². The molecule has 0 atom stereocenters. The topological polar surface area (TPSA) is 22.1 Å². The molecule has 0 aliphatic rings. The van der Waals surface area contributed by atoms with E-state index in [9.17, 15) is 4.39 Å². The number of para-hydroxylation sites is 1. The molecule has 0 bridgehead atoms. The maximum absolute atomic E-state index is 13.2. The Bertz CT molecular complexity index is 807. The summed E-state index contributed by atoms with van der Waals surface area (Å²) in [6, 6.07) is 13.6. The lowest BCUT2D eigenvalue weighted by Gasteiger charge is -2.10. The molecule has 0 spiro atoms. The van der Waals surface area contributed by atoms with Gasteiger partial charge in [0, 0.05) is 17.5 Å². The number of aromatic nitrogens is 1. The third kappa shape index (κ3) is 2.94. The Labute approximate surface area is 131 Å². The second kappa shape index (κ2) is 5.88. The lowest BCUT2D eigenvalue weighted by atomic mass is 10.2. The van der Waals surface area contributed by atoms with Crippen molar-refractivity contribution < 1.29 is 9.13 Å². The molecular formula is C16H10Cl2FNO. The highest BCUT2D eigenvalue weighted by molar-refractivity contribution is 6.30. The van der Waals surface area contributed by atoms with Crippen molar-refractivity contribution in [2.75, 3.05) is 0 Å². The van der Waals surface area contributed by atoms with Gasteiger partial charge in [-0.1, -0.05) is 23.7 Å². The van der Waals surface area contributed by atoms with Gasteiger partial charge in [0.15, 0.2) is 0 Å². The van der Waals surface area contributed by atoms with E-state index in [2.05, 4.69) is 4.98 Å². The predicted octanol–water partition coefficient (Wildman–Crippen LogP) is 5.56. The molecule has 2 aromatic carbocycles. The van der Waals surface area contributed by atoms with Gasteiger partial charge in [-0.05, 0) is 24.3 Å². The standard InChI is InChI=1S/C16H10Cl2FNO/c17-9-10-7-16(12-3-1-2-4-15(12)20-10)21-11-5-6-14(19)13(18)8-11/h1-8H,9H2. The average Bonchev–Trinajstić information content (AvgIpc) is 2.51. The smallest absolute Gasteiger partial charge is 0.142 e. The molecule has 0 saturated carbocycles. The molecule has 0 saturated heterocycles. The van der Waals surface area contributed by atoms with Gasteiger partial charge in [-0.25, -0.2) is 4.39 Å². The summed E-state index contributed by atoms with van der Waals surface area (Å²) in [5.74, 6) is 0.869. The zero-order valence-corrected chi connectivity index (χ0v) is 12.3. The molecule has 0 aliphatic heterocycles. The maximum Gasteiger partial charge on any atom is 0.142 e. The van der Waals surface area contributed by atoms with Gasteiger partial charge in [0.2, 0.25) is 0 Å². The zero-order valence-electron chi connectivity index (χ0n) is 10.8. The SMILES string of the molecule is Fc1ccc(Oc2cc(CCl)nc3ccccc23)cc1Cl. The average molecular weight is 322 g/mol. The Kier molecular flexibility index (Phi) is 3.95. The maximum atomic E-state index is 13.2. The molecule has 0 unspecified atom stereocenters. The van der Waals surface area contributed by atoms with E-state index in [-0.39, 0.29) is 10.9 Å². The summed E-state index contributed by atoms with van der Waals surface area (Å²) in [4.78, 5) is 4.43. The number of hydrogen-bond donors (Lipinski definition) is 0. The molecule has 0 fully saturated rings. The van der Waals surface area contributed by atoms with Crippen LogP contribution in [0.1, 0.15) is 5.69 Å². The van der Waals surface area contributed by atoms with Crippen LogP contribution in [-0.4, -0.2) is 4.98 Å². The van der Waals surface area contributed by atoms with Crippen LogP contribution in [0.4, 0.5) is 4.39 Å². The Morgan fingerprint density at radius 3 is 2.67 bits per heavy atom. The molecule has 2 nitrogen and oxygen atoms in total. The van der Waals surface area contributed by atoms with Crippen molar-refractivity contribution in [2.24, 2.45) is 0 Å². The first-order chi connectivity index (χ1) is 10.2. The van der Waals surface area contributed by atoms with Crippen molar-refractivity contribution in [2.45, 2.75) is 5.88 Å². The van der Waals surface area contributed by atoms with Gasteiger partial charge < -0.3 is 4.74 Å². The van der Waals surface area contributed by atoms with E-state index in [4.69, 9.17) is 27.9 Å². The summed E-state index contributed by atoms with van der Waals surface area (Å²) in [5, 5.41) is 0.871. The normalized spacial score (nSPS) is 10.8. The Morgan fingerprint density at radius 2 is 1.90 bits per heavy atom. The molecule has 106 valence electrons. The minimum absolute atomic E-state index is 0.0171. The van der Waals surface area contributed by atoms with Crippen LogP contribution in [0, 0.1) is 5.82 Å². The lowest BCUT2D eigenvalue weighted by molar-refractivity contribution is 0.485. The van der Waals surface area contributed by atoms with E-state index in [0.29, 0.717) is 17.2 Å². The van der Waals surface area contributed by atoms with Crippen molar-refractivity contribution >= 4 is 34.1 Å². The van der Waals surface area contributed by atoms with Crippen molar-refractivity contribution in [3.8, 4) is 11.5 Å². The fraction of sp³-hybridized carbons (Fsp3) is 0.0625. The highest BCUT2D eigenvalue weighted by Gasteiger charge is 2.09. The van der Waals surface area contributed by atoms with Crippen LogP contribution in [-0.2, 0) is 5.88 Å². The summed E-state index contributed by atoms with van der Waals surface area (Å²) in [5.41, 5.74) is 1.50. The fourth-order valence-corrected chi connectivity index (χ4v) is 2.32. The van der Waals surface area contributed by atoms with E-state index in [1.54, 1.807) is 6.07 Å². The Balaban J connectivity index is 2.08. The van der Waals surface area contributed by atoms with E-state index >= 15 is 0 Å². The lowest BCUT2D eigenvalue weighted by Crippen LogP contribution is -1.92. The van der Waals surface area contributed by atoms with Crippen molar-refractivity contribution in [1.29, 1.82) is 0 Å². The van der Waals surface area contributed by atoms with Gasteiger partial charge in [0.1, 0.15) is 17.3 Å². The van der Waals surface area contributed by atoms with Gasteiger partial charge in [0.05, 0.1) is 22.1 Å². The number of halogens is 3. The van der Waals surface area contributed by atoms with Crippen LogP contribution in [0.5, 0.6) is 11.5 Å². The van der Waals surface area contributed by atoms with E-state index in [1.807, 2.05) is 24.3 Å². The van der Waals surface area contributed by atoms with Gasteiger partial charge >= 0.3 is 0 Å². The molecule has 3 aromatic rings. The molecule has 0 amide bonds. The summed E-state index contributed by atoms with van der Waals surface area (Å²) >= 11 is 11.6. The van der Waals surface area contributed by atoms with Crippen molar-refractivity contribution in [1.82, 2.24) is 4.98 Å². The second-order valence-corrected chi connectivity index (χ2v) is 5.11. The number of alkyl halides is 1. The molecule has 21 heavy (non-hydrogen) atoms. The third-order valence-electron chi connectivity index (χ3n) is 2.99. The number of ether oxygens (including phenoxy) is 1. The van der Waals surface area contributed by atoms with Crippen LogP contribution in [0.25, 0.3) is 10.9 Å². The quantitative estimate of drug-likeness (QED) is 0.589. The van der Waals surface area contributed by atoms with Crippen LogP contribution in [0.3, 0.4) is 0 Å². The van der Waals surface area contributed by atoms with Gasteiger partial charge in [-0.3, -0.25) is 4.98 Å². The third-order valence-corrected chi connectivity index (χ3v) is 3.55. The summed E-state index contributed by atoms with van der Waals surface area (Å²) in [7, 11) is 0. The number of hydrogen-bond acceptors (Lipinski definition) is 2. The first-order valence-corrected chi connectivity index (χ1v) is 7.16. The molecule has 0 N–H and O–H groups in total. The largest absolute Gasteiger partial charge is 0.457 e. The number of pyridine rings is 1. The monoisotopic (exact) mass is 321 g/mol. The van der Waals surface area contributed by atoms with Gasteiger partial charge in [-0.2, -0.15) is 0 Å². The minimum atomic E-state index is -0.481. The van der Waals surface area contributed by atoms with Gasteiger partial charge in [0.25, 0.3) is 0 Å². The molecule has 1 heterocycles. The Morgan fingerprint density at radius 1 is 1.10 bits per heavy atom. The highest BCUT2D eigenvalue weighted by atomic mass is 35.5. The van der Waals surface area contributed by atoms with Crippen molar-refractivity contribution in [3.63, 3.8) is 0 Å². The molecule has 1 aromatic heterocycles. The molecule has 5 heteroatoms.